The third-order valence-electron chi connectivity index (χ3n) is 2.26. The predicted octanol–water partition coefficient (Wildman–Crippen LogP) is 1.08. The van der Waals surface area contributed by atoms with Crippen molar-refractivity contribution in [2.75, 3.05) is 11.9 Å². The van der Waals surface area contributed by atoms with E-state index in [0.717, 1.165) is 18.7 Å². The smallest absolute Gasteiger partial charge is 0.252 e. The van der Waals surface area contributed by atoms with E-state index < -0.39 is 0 Å². The van der Waals surface area contributed by atoms with E-state index in [0.29, 0.717) is 18.3 Å². The Bertz CT molecular complexity index is 463. The lowest BCUT2D eigenvalue weighted by atomic mass is 10.4. The molecule has 2 rings (SSSR count). The fourth-order valence-corrected chi connectivity index (χ4v) is 1.34. The Hall–Kier alpha value is -1.76. The standard InChI is InChI=1S/C11H13N3O/c1-2-3-6-12-9-7-10(15)14-11(13-9)8-4-5-8/h7-8H,4-6H2,1H3,(H2,12,13,14,15). The summed E-state index contributed by atoms with van der Waals surface area (Å²) in [5.74, 6) is 7.51. The fraction of sp³-hybridized carbons (Fsp3) is 0.455. The SMILES string of the molecule is CC#CCNc1cc(=O)[nH]c(C2CC2)n1. The van der Waals surface area contributed by atoms with Gasteiger partial charge in [-0.05, 0) is 19.8 Å². The average Bonchev–Trinajstić information content (AvgIpc) is 3.00. The van der Waals surface area contributed by atoms with Gasteiger partial charge in [0.15, 0.2) is 0 Å². The zero-order valence-electron chi connectivity index (χ0n) is 8.63. The van der Waals surface area contributed by atoms with E-state index in [1.54, 1.807) is 6.92 Å². The molecule has 1 aliphatic carbocycles. The van der Waals surface area contributed by atoms with Gasteiger partial charge in [-0.15, -0.1) is 5.92 Å². The molecule has 1 fully saturated rings. The number of nitrogens with zero attached hydrogens (tertiary/aromatic N) is 1. The van der Waals surface area contributed by atoms with Crippen LogP contribution < -0.4 is 10.9 Å². The van der Waals surface area contributed by atoms with Crippen LogP contribution in [-0.2, 0) is 0 Å². The Morgan fingerprint density at radius 1 is 1.67 bits per heavy atom. The molecule has 1 saturated carbocycles. The largest absolute Gasteiger partial charge is 0.359 e. The number of H-pyrrole nitrogens is 1. The van der Waals surface area contributed by atoms with Crippen molar-refractivity contribution >= 4 is 5.82 Å². The first-order chi connectivity index (χ1) is 7.29. The maximum absolute atomic E-state index is 11.3. The van der Waals surface area contributed by atoms with Crippen molar-refractivity contribution in [2.45, 2.75) is 25.7 Å². The molecule has 0 aromatic carbocycles. The van der Waals surface area contributed by atoms with Crippen molar-refractivity contribution in [2.24, 2.45) is 0 Å². The molecule has 1 aromatic heterocycles. The van der Waals surface area contributed by atoms with E-state index in [1.807, 2.05) is 0 Å². The van der Waals surface area contributed by atoms with Crippen LogP contribution in [0, 0.1) is 11.8 Å². The highest BCUT2D eigenvalue weighted by Gasteiger charge is 2.26. The first-order valence-electron chi connectivity index (χ1n) is 5.04. The number of anilines is 1. The van der Waals surface area contributed by atoms with Gasteiger partial charge < -0.3 is 10.3 Å². The number of hydrogen-bond acceptors (Lipinski definition) is 3. The van der Waals surface area contributed by atoms with Gasteiger partial charge in [-0.1, -0.05) is 5.92 Å². The van der Waals surface area contributed by atoms with E-state index in [9.17, 15) is 4.79 Å². The lowest BCUT2D eigenvalue weighted by molar-refractivity contribution is 0.909. The minimum atomic E-state index is -0.0983. The molecule has 1 aliphatic rings. The van der Waals surface area contributed by atoms with Crippen LogP contribution >= 0.6 is 0 Å². The molecule has 0 saturated heterocycles. The molecule has 0 amide bonds. The minimum absolute atomic E-state index is 0.0983. The number of rotatable bonds is 3. The molecule has 1 heterocycles. The highest BCUT2D eigenvalue weighted by molar-refractivity contribution is 5.35. The maximum atomic E-state index is 11.3. The van der Waals surface area contributed by atoms with Crippen molar-refractivity contribution in [3.8, 4) is 11.8 Å². The fourth-order valence-electron chi connectivity index (χ4n) is 1.34. The van der Waals surface area contributed by atoms with Crippen LogP contribution in [-0.4, -0.2) is 16.5 Å². The second-order valence-electron chi connectivity index (χ2n) is 3.57. The van der Waals surface area contributed by atoms with Crippen LogP contribution in [0.5, 0.6) is 0 Å². The minimum Gasteiger partial charge on any atom is -0.359 e. The number of nitrogens with one attached hydrogen (secondary N) is 2. The molecule has 4 heteroatoms. The van der Waals surface area contributed by atoms with Gasteiger partial charge in [0, 0.05) is 12.0 Å². The van der Waals surface area contributed by atoms with E-state index in [4.69, 9.17) is 0 Å². The molecule has 0 spiro atoms. The summed E-state index contributed by atoms with van der Waals surface area (Å²) in [7, 11) is 0. The Labute approximate surface area is 88.1 Å². The van der Waals surface area contributed by atoms with E-state index >= 15 is 0 Å². The van der Waals surface area contributed by atoms with Crippen molar-refractivity contribution in [3.63, 3.8) is 0 Å². The predicted molar refractivity (Wildman–Crippen MR) is 58.8 cm³/mol. The van der Waals surface area contributed by atoms with Crippen LogP contribution in [0.25, 0.3) is 0 Å². The second kappa shape index (κ2) is 4.18. The van der Waals surface area contributed by atoms with Crippen LogP contribution in [0.15, 0.2) is 10.9 Å². The molecule has 0 bridgehead atoms. The summed E-state index contributed by atoms with van der Waals surface area (Å²) in [5, 5.41) is 3.00. The van der Waals surface area contributed by atoms with Crippen molar-refractivity contribution in [1.82, 2.24) is 9.97 Å². The van der Waals surface area contributed by atoms with Crippen LogP contribution in [0.1, 0.15) is 31.5 Å². The van der Waals surface area contributed by atoms with E-state index in [2.05, 4.69) is 27.1 Å². The van der Waals surface area contributed by atoms with Crippen LogP contribution in [0.3, 0.4) is 0 Å². The molecule has 78 valence electrons. The zero-order valence-corrected chi connectivity index (χ0v) is 8.63. The van der Waals surface area contributed by atoms with Gasteiger partial charge in [-0.25, -0.2) is 4.98 Å². The molecule has 1 aromatic rings. The van der Waals surface area contributed by atoms with Crippen molar-refractivity contribution < 1.29 is 0 Å². The van der Waals surface area contributed by atoms with Gasteiger partial charge >= 0.3 is 0 Å². The summed E-state index contributed by atoms with van der Waals surface area (Å²) in [6.45, 7) is 2.31. The highest BCUT2D eigenvalue weighted by atomic mass is 16.1. The topological polar surface area (TPSA) is 57.8 Å². The van der Waals surface area contributed by atoms with E-state index in [-0.39, 0.29) is 5.56 Å². The Balaban J connectivity index is 2.14. The number of aromatic amines is 1. The molecule has 0 aliphatic heterocycles. The molecular formula is C11H13N3O. The molecule has 0 unspecified atom stereocenters. The summed E-state index contributed by atoms with van der Waals surface area (Å²) in [6, 6.07) is 1.46. The first-order valence-corrected chi connectivity index (χ1v) is 5.04. The third-order valence-corrected chi connectivity index (χ3v) is 2.26. The van der Waals surface area contributed by atoms with Crippen LogP contribution in [0.4, 0.5) is 5.82 Å². The normalized spacial score (nSPS) is 14.2. The lowest BCUT2D eigenvalue weighted by Gasteiger charge is -2.03. The summed E-state index contributed by atoms with van der Waals surface area (Å²) < 4.78 is 0. The molecule has 15 heavy (non-hydrogen) atoms. The third kappa shape index (κ3) is 2.59. The zero-order chi connectivity index (χ0) is 10.7. The summed E-state index contributed by atoms with van der Waals surface area (Å²) in [4.78, 5) is 18.4. The van der Waals surface area contributed by atoms with Gasteiger partial charge in [0.05, 0.1) is 6.54 Å². The molecule has 0 radical (unpaired) electrons. The summed E-state index contributed by atoms with van der Waals surface area (Å²) >= 11 is 0. The summed E-state index contributed by atoms with van der Waals surface area (Å²) in [6.07, 6.45) is 2.25. The van der Waals surface area contributed by atoms with E-state index in [1.165, 1.54) is 6.07 Å². The highest BCUT2D eigenvalue weighted by Crippen LogP contribution is 2.37. The van der Waals surface area contributed by atoms with Gasteiger partial charge in [-0.2, -0.15) is 0 Å². The lowest BCUT2D eigenvalue weighted by Crippen LogP contribution is -2.13. The molecule has 4 nitrogen and oxygen atoms in total. The van der Waals surface area contributed by atoms with Crippen molar-refractivity contribution in [3.05, 3.63) is 22.2 Å². The molecule has 0 atom stereocenters. The Morgan fingerprint density at radius 2 is 2.47 bits per heavy atom. The number of aromatic nitrogens is 2. The quantitative estimate of drug-likeness (QED) is 0.723. The Morgan fingerprint density at radius 3 is 3.13 bits per heavy atom. The van der Waals surface area contributed by atoms with Gasteiger partial charge in [0.25, 0.3) is 5.56 Å². The maximum Gasteiger partial charge on any atom is 0.252 e. The molecule has 2 N–H and O–H groups in total. The Kier molecular flexibility index (Phi) is 2.72. The molecular weight excluding hydrogens is 190 g/mol. The van der Waals surface area contributed by atoms with Gasteiger partial charge in [-0.3, -0.25) is 4.79 Å². The average molecular weight is 203 g/mol. The number of hydrogen-bond donors (Lipinski definition) is 2. The monoisotopic (exact) mass is 203 g/mol. The second-order valence-corrected chi connectivity index (χ2v) is 3.57. The summed E-state index contributed by atoms with van der Waals surface area (Å²) in [5.41, 5.74) is -0.0983. The van der Waals surface area contributed by atoms with Gasteiger partial charge in [0.2, 0.25) is 0 Å². The first kappa shape index (κ1) is 9.78. The van der Waals surface area contributed by atoms with Crippen molar-refractivity contribution in [1.29, 1.82) is 0 Å². The van der Waals surface area contributed by atoms with Gasteiger partial charge in [0.1, 0.15) is 11.6 Å². The van der Waals surface area contributed by atoms with Crippen LogP contribution in [0.2, 0.25) is 0 Å².